The van der Waals surface area contributed by atoms with Crippen LogP contribution in [0, 0.1) is 66.1 Å². The molecule has 1 aromatic rings. The molecule has 0 atom stereocenters. The summed E-state index contributed by atoms with van der Waals surface area (Å²) < 4.78 is 26.0. The Labute approximate surface area is 205 Å². The van der Waals surface area contributed by atoms with Crippen molar-refractivity contribution in [3.05, 3.63) is 33.9 Å². The molecule has 4 N–H and O–H groups in total. The summed E-state index contributed by atoms with van der Waals surface area (Å²) in [4.78, 5) is 42.2. The Morgan fingerprint density at radius 2 is 0.914 bits per heavy atom. The van der Waals surface area contributed by atoms with E-state index < -0.39 is 25.5 Å². The van der Waals surface area contributed by atoms with Crippen LogP contribution >= 0.6 is 15.2 Å². The van der Waals surface area contributed by atoms with E-state index in [1.807, 2.05) is 24.3 Å². The van der Waals surface area contributed by atoms with Crippen LogP contribution in [-0.4, -0.2) is 19.6 Å². The highest BCUT2D eigenvalue weighted by atomic mass is 31.2. The van der Waals surface area contributed by atoms with Gasteiger partial charge < -0.3 is 19.6 Å². The lowest BCUT2D eigenvalue weighted by atomic mass is 9.76. The third-order valence-electron chi connectivity index (χ3n) is 6.62. The first-order valence-corrected chi connectivity index (χ1v) is 14.1. The summed E-state index contributed by atoms with van der Waals surface area (Å²) in [7, 11) is -10.0. The van der Waals surface area contributed by atoms with Crippen molar-refractivity contribution in [2.24, 2.45) is 0 Å². The first-order chi connectivity index (χ1) is 16.2. The predicted molar refractivity (Wildman–Crippen MR) is 127 cm³/mol. The fraction of sp³-hybridized carbons (Fsp3) is 0.565. The number of nitriles is 4. The van der Waals surface area contributed by atoms with Crippen LogP contribution in [0.2, 0.25) is 0 Å². The molecule has 0 aromatic heterocycles. The molecule has 0 heterocycles. The Morgan fingerprint density at radius 3 is 1.11 bits per heavy atom. The monoisotopic (exact) mass is 520 g/mol. The summed E-state index contributed by atoms with van der Waals surface area (Å²) >= 11 is 0. The topological polar surface area (TPSA) is 210 Å². The van der Waals surface area contributed by atoms with Crippen LogP contribution in [0.4, 0.5) is 0 Å². The zero-order valence-corrected chi connectivity index (χ0v) is 21.8. The SMILES string of the molecule is Cc1cc(C)c(C(CCC#N)(CCC#N)P(=O)(O)O)c(C)c1C(CCC#N)(CCC#N)P(=O)(O)O. The second-order valence-corrected chi connectivity index (χ2v) is 12.6. The highest BCUT2D eigenvalue weighted by molar-refractivity contribution is 7.53. The number of rotatable bonds is 12. The van der Waals surface area contributed by atoms with Crippen molar-refractivity contribution in [1.29, 1.82) is 21.0 Å². The van der Waals surface area contributed by atoms with Crippen LogP contribution in [0.5, 0.6) is 0 Å². The van der Waals surface area contributed by atoms with E-state index in [9.17, 15) is 49.8 Å². The molecule has 12 heteroatoms. The number of nitrogens with zero attached hydrogens (tertiary/aromatic N) is 4. The van der Waals surface area contributed by atoms with E-state index in [1.54, 1.807) is 19.9 Å². The Bertz CT molecular complexity index is 1080. The summed E-state index contributed by atoms with van der Waals surface area (Å²) in [6.07, 6.45) is -1.93. The molecule has 0 fully saturated rings. The highest BCUT2D eigenvalue weighted by Gasteiger charge is 2.53. The smallest absolute Gasteiger partial charge is 0.324 e. The molecule has 0 aliphatic rings. The van der Waals surface area contributed by atoms with Crippen molar-refractivity contribution < 1.29 is 28.7 Å². The molecule has 1 aromatic carbocycles. The van der Waals surface area contributed by atoms with Gasteiger partial charge in [0.25, 0.3) is 0 Å². The number of hydrogen-bond acceptors (Lipinski definition) is 6. The van der Waals surface area contributed by atoms with Gasteiger partial charge in [0.15, 0.2) is 0 Å². The zero-order valence-electron chi connectivity index (χ0n) is 20.0. The molecule has 1 rings (SSSR count). The standard InChI is InChI=1S/C23H30N4O6P2/c1-17-16-18(2)21(23(10-6-14-26,11-7-15-27)35(31,32)33)19(3)20(17)22(8-4-12-24,9-5-13-25)34(28,29)30/h16H,4-11H2,1-3H3,(H2,28,29,30)(H2,31,32,33). The molecule has 0 spiro atoms. The van der Waals surface area contributed by atoms with E-state index in [-0.39, 0.29) is 68.1 Å². The Hall–Kier alpha value is -2.52. The second kappa shape index (κ2) is 11.9. The molecule has 10 nitrogen and oxygen atoms in total. The van der Waals surface area contributed by atoms with Crippen molar-refractivity contribution in [3.63, 3.8) is 0 Å². The molecule has 188 valence electrons. The van der Waals surface area contributed by atoms with E-state index in [0.29, 0.717) is 11.1 Å². The minimum absolute atomic E-state index is 0.142. The van der Waals surface area contributed by atoms with Crippen molar-refractivity contribution in [1.82, 2.24) is 0 Å². The summed E-state index contributed by atoms with van der Waals surface area (Å²) in [5.41, 5.74) is 1.40. The van der Waals surface area contributed by atoms with E-state index in [4.69, 9.17) is 0 Å². The third kappa shape index (κ3) is 6.01. The van der Waals surface area contributed by atoms with Gasteiger partial charge in [0.05, 0.1) is 34.6 Å². The van der Waals surface area contributed by atoms with Gasteiger partial charge in [0.2, 0.25) is 0 Å². The van der Waals surface area contributed by atoms with Crippen molar-refractivity contribution >= 4 is 15.2 Å². The molecule has 0 aliphatic heterocycles. The van der Waals surface area contributed by atoms with Gasteiger partial charge in [-0.25, -0.2) is 0 Å². The van der Waals surface area contributed by atoms with Crippen LogP contribution in [0.15, 0.2) is 6.07 Å². The van der Waals surface area contributed by atoms with Crippen LogP contribution < -0.4 is 0 Å². The molecule has 35 heavy (non-hydrogen) atoms. The van der Waals surface area contributed by atoms with Gasteiger partial charge in [-0.05, 0) is 74.3 Å². The molecule has 0 saturated carbocycles. The van der Waals surface area contributed by atoms with E-state index in [0.717, 1.165) is 0 Å². The maximum atomic E-state index is 13.0. The van der Waals surface area contributed by atoms with Gasteiger partial charge in [0, 0.05) is 25.7 Å². The maximum absolute atomic E-state index is 13.0. The minimum Gasteiger partial charge on any atom is -0.324 e. The average Bonchev–Trinajstić information content (AvgIpc) is 2.74. The second-order valence-electron chi connectivity index (χ2n) is 8.67. The number of benzene rings is 1. The summed E-state index contributed by atoms with van der Waals surface area (Å²) in [6.45, 7) is 4.75. The summed E-state index contributed by atoms with van der Waals surface area (Å²) in [5, 5.41) is 33.0. The van der Waals surface area contributed by atoms with Crippen LogP contribution in [0.25, 0.3) is 0 Å². The lowest BCUT2D eigenvalue weighted by molar-refractivity contribution is 0.305. The van der Waals surface area contributed by atoms with Crippen LogP contribution in [-0.2, 0) is 19.4 Å². The first kappa shape index (κ1) is 30.5. The Morgan fingerprint density at radius 1 is 0.657 bits per heavy atom. The number of aryl methyl sites for hydroxylation is 2. The Kier molecular flexibility index (Phi) is 10.4. The summed E-state index contributed by atoms with van der Waals surface area (Å²) in [5.74, 6) is 0. The highest BCUT2D eigenvalue weighted by Crippen LogP contribution is 2.67. The Balaban J connectivity index is 4.30. The van der Waals surface area contributed by atoms with Gasteiger partial charge in [-0.3, -0.25) is 9.13 Å². The van der Waals surface area contributed by atoms with Crippen LogP contribution in [0.3, 0.4) is 0 Å². The summed E-state index contributed by atoms with van der Waals surface area (Å²) in [6, 6.07) is 9.15. The number of hydrogen-bond donors (Lipinski definition) is 4. The van der Waals surface area contributed by atoms with Gasteiger partial charge >= 0.3 is 15.2 Å². The lowest BCUT2D eigenvalue weighted by Gasteiger charge is -2.41. The van der Waals surface area contributed by atoms with Crippen LogP contribution in [0.1, 0.15) is 79.2 Å². The third-order valence-corrected chi connectivity index (χ3v) is 10.2. The molecule has 0 unspecified atom stereocenters. The van der Waals surface area contributed by atoms with Gasteiger partial charge in [-0.1, -0.05) is 6.07 Å². The first-order valence-electron chi connectivity index (χ1n) is 10.9. The average molecular weight is 520 g/mol. The van der Waals surface area contributed by atoms with E-state index in [1.165, 1.54) is 6.92 Å². The van der Waals surface area contributed by atoms with Gasteiger partial charge in [-0.2, -0.15) is 21.0 Å². The molecular weight excluding hydrogens is 490 g/mol. The molecule has 0 amide bonds. The minimum atomic E-state index is -5.01. The largest absolute Gasteiger partial charge is 0.336 e. The molecule has 0 bridgehead atoms. The van der Waals surface area contributed by atoms with Crippen molar-refractivity contribution in [2.75, 3.05) is 0 Å². The fourth-order valence-corrected chi connectivity index (χ4v) is 8.18. The molecule has 0 radical (unpaired) electrons. The van der Waals surface area contributed by atoms with Crippen molar-refractivity contribution in [3.8, 4) is 24.3 Å². The predicted octanol–water partition coefficient (Wildman–Crippen LogP) is 4.57. The normalized spacial score (nSPS) is 12.3. The quantitative estimate of drug-likeness (QED) is 0.282. The van der Waals surface area contributed by atoms with E-state index in [2.05, 4.69) is 0 Å². The molecule has 0 saturated heterocycles. The zero-order chi connectivity index (χ0) is 27.1. The van der Waals surface area contributed by atoms with Crippen molar-refractivity contribution in [2.45, 2.75) is 82.4 Å². The van der Waals surface area contributed by atoms with Gasteiger partial charge in [0.1, 0.15) is 0 Å². The molecule has 0 aliphatic carbocycles. The van der Waals surface area contributed by atoms with E-state index >= 15 is 0 Å². The van der Waals surface area contributed by atoms with Gasteiger partial charge in [-0.15, -0.1) is 0 Å². The lowest BCUT2D eigenvalue weighted by Crippen LogP contribution is -2.33. The maximum Gasteiger partial charge on any atom is 0.336 e. The fourth-order valence-electron chi connectivity index (χ4n) is 5.29. The molecular formula is C23H30N4O6P2.